The molecule has 132 valence electrons. The number of hydrogen-bond acceptors (Lipinski definition) is 3. The van der Waals surface area contributed by atoms with E-state index in [9.17, 15) is 9.59 Å². The molecule has 1 aliphatic rings. The van der Waals surface area contributed by atoms with Crippen LogP contribution in [0.4, 0.5) is 0 Å². The Labute approximate surface area is 151 Å². The van der Waals surface area contributed by atoms with Crippen molar-refractivity contribution in [3.8, 4) is 5.69 Å². The Morgan fingerprint density at radius 3 is 2.96 bits per heavy atom. The van der Waals surface area contributed by atoms with Crippen LogP contribution in [0.2, 0.25) is 5.02 Å². The molecule has 2 heterocycles. The van der Waals surface area contributed by atoms with Crippen molar-refractivity contribution in [3.05, 3.63) is 47.2 Å². The van der Waals surface area contributed by atoms with Crippen molar-refractivity contribution in [3.63, 3.8) is 0 Å². The van der Waals surface area contributed by atoms with Gasteiger partial charge >= 0.3 is 0 Å². The van der Waals surface area contributed by atoms with Crippen LogP contribution in [0.1, 0.15) is 36.7 Å². The third-order valence-corrected chi connectivity index (χ3v) is 4.51. The molecule has 1 fully saturated rings. The van der Waals surface area contributed by atoms with E-state index in [0.29, 0.717) is 30.2 Å². The van der Waals surface area contributed by atoms with E-state index in [-0.39, 0.29) is 17.9 Å². The molecule has 1 aromatic heterocycles. The van der Waals surface area contributed by atoms with Crippen LogP contribution in [-0.4, -0.2) is 45.6 Å². The number of nitrogens with one attached hydrogen (secondary N) is 1. The van der Waals surface area contributed by atoms with Gasteiger partial charge in [0.2, 0.25) is 5.91 Å². The quantitative estimate of drug-likeness (QED) is 0.911. The first-order valence-electron chi connectivity index (χ1n) is 8.47. The molecule has 1 aromatic carbocycles. The minimum absolute atomic E-state index is 0.0140. The molecular formula is C18H21ClN4O2. The first-order valence-corrected chi connectivity index (χ1v) is 8.85. The molecule has 1 N–H and O–H groups in total. The molecule has 1 atom stereocenters. The van der Waals surface area contributed by atoms with Gasteiger partial charge in [-0.1, -0.05) is 24.6 Å². The zero-order chi connectivity index (χ0) is 17.8. The summed E-state index contributed by atoms with van der Waals surface area (Å²) < 4.78 is 1.64. The lowest BCUT2D eigenvalue weighted by Gasteiger charge is -2.32. The minimum Gasteiger partial charge on any atom is -0.352 e. The van der Waals surface area contributed by atoms with Crippen LogP contribution in [0.25, 0.3) is 5.69 Å². The van der Waals surface area contributed by atoms with Crippen LogP contribution in [0, 0.1) is 0 Å². The van der Waals surface area contributed by atoms with Crippen molar-refractivity contribution in [1.29, 1.82) is 0 Å². The van der Waals surface area contributed by atoms with E-state index < -0.39 is 0 Å². The van der Waals surface area contributed by atoms with E-state index in [1.165, 1.54) is 0 Å². The van der Waals surface area contributed by atoms with Crippen LogP contribution >= 0.6 is 11.6 Å². The van der Waals surface area contributed by atoms with E-state index in [4.69, 9.17) is 11.6 Å². The molecule has 0 saturated carbocycles. The Kier molecular flexibility index (Phi) is 5.38. The van der Waals surface area contributed by atoms with Gasteiger partial charge in [0, 0.05) is 36.8 Å². The summed E-state index contributed by atoms with van der Waals surface area (Å²) in [6, 6.07) is 9.02. The average molecular weight is 361 g/mol. The molecule has 25 heavy (non-hydrogen) atoms. The Hall–Kier alpha value is -2.34. The molecule has 1 aliphatic heterocycles. The summed E-state index contributed by atoms with van der Waals surface area (Å²) in [6.45, 7) is 3.03. The van der Waals surface area contributed by atoms with E-state index in [1.54, 1.807) is 34.0 Å². The maximum absolute atomic E-state index is 12.7. The van der Waals surface area contributed by atoms with E-state index in [0.717, 1.165) is 18.5 Å². The van der Waals surface area contributed by atoms with E-state index in [2.05, 4.69) is 10.4 Å². The van der Waals surface area contributed by atoms with Crippen LogP contribution in [0.15, 0.2) is 36.5 Å². The number of rotatable bonds is 4. The molecule has 0 spiro atoms. The summed E-state index contributed by atoms with van der Waals surface area (Å²) in [5.41, 5.74) is 1.20. The van der Waals surface area contributed by atoms with Gasteiger partial charge in [-0.25, -0.2) is 4.68 Å². The Bertz CT molecular complexity index is 774. The summed E-state index contributed by atoms with van der Waals surface area (Å²) in [4.78, 5) is 26.1. The highest BCUT2D eigenvalue weighted by molar-refractivity contribution is 6.30. The number of nitrogens with zero attached hydrogens (tertiary/aromatic N) is 3. The van der Waals surface area contributed by atoms with Gasteiger partial charge in [-0.15, -0.1) is 0 Å². The molecule has 0 aliphatic carbocycles. The summed E-state index contributed by atoms with van der Waals surface area (Å²) >= 11 is 6.00. The molecule has 6 nitrogen and oxygen atoms in total. The number of likely N-dealkylation sites (tertiary alicyclic amines) is 1. The van der Waals surface area contributed by atoms with Crippen LogP contribution in [-0.2, 0) is 4.79 Å². The third kappa shape index (κ3) is 4.20. The number of halogens is 1. The molecule has 1 saturated heterocycles. The second-order valence-corrected chi connectivity index (χ2v) is 6.57. The standard InChI is InChI=1S/C18H21ClN4O2/c1-2-17(24)20-14-6-4-9-22(12-14)18(25)16-8-10-23(21-16)15-7-3-5-13(19)11-15/h3,5,7-8,10-11,14H,2,4,6,9,12H2,1H3,(H,20,24). The SMILES string of the molecule is CCC(=O)NC1CCCN(C(=O)c2ccn(-c3cccc(Cl)c3)n2)C1. The molecule has 2 amide bonds. The summed E-state index contributed by atoms with van der Waals surface area (Å²) in [6.07, 6.45) is 3.97. The average Bonchev–Trinajstić information content (AvgIpc) is 3.11. The lowest BCUT2D eigenvalue weighted by atomic mass is 10.1. The predicted octanol–water partition coefficient (Wildman–Crippen LogP) is 2.66. The highest BCUT2D eigenvalue weighted by atomic mass is 35.5. The second kappa shape index (κ2) is 7.70. The lowest BCUT2D eigenvalue weighted by Crippen LogP contribution is -2.49. The van der Waals surface area contributed by atoms with Crippen molar-refractivity contribution < 1.29 is 9.59 Å². The first kappa shape index (κ1) is 17.5. The highest BCUT2D eigenvalue weighted by Crippen LogP contribution is 2.16. The van der Waals surface area contributed by atoms with Gasteiger partial charge in [0.05, 0.1) is 5.69 Å². The van der Waals surface area contributed by atoms with Crippen molar-refractivity contribution in [1.82, 2.24) is 20.0 Å². The predicted molar refractivity (Wildman–Crippen MR) is 95.9 cm³/mol. The van der Waals surface area contributed by atoms with Gasteiger partial charge in [0.25, 0.3) is 5.91 Å². The first-order chi connectivity index (χ1) is 12.1. The van der Waals surface area contributed by atoms with Gasteiger partial charge < -0.3 is 10.2 Å². The fourth-order valence-electron chi connectivity index (χ4n) is 2.97. The molecule has 1 unspecified atom stereocenters. The van der Waals surface area contributed by atoms with Crippen molar-refractivity contribution >= 4 is 23.4 Å². The number of benzene rings is 1. The van der Waals surface area contributed by atoms with Crippen LogP contribution in [0.3, 0.4) is 0 Å². The normalized spacial score (nSPS) is 17.4. The van der Waals surface area contributed by atoms with E-state index in [1.807, 2.05) is 19.1 Å². The largest absolute Gasteiger partial charge is 0.352 e. The smallest absolute Gasteiger partial charge is 0.274 e. The zero-order valence-electron chi connectivity index (χ0n) is 14.1. The summed E-state index contributed by atoms with van der Waals surface area (Å²) in [5, 5.41) is 7.96. The number of carbonyl (C=O) groups excluding carboxylic acids is 2. The maximum Gasteiger partial charge on any atom is 0.274 e. The number of piperidine rings is 1. The molecule has 7 heteroatoms. The summed E-state index contributed by atoms with van der Waals surface area (Å²) in [7, 11) is 0. The van der Waals surface area contributed by atoms with Crippen LogP contribution in [0.5, 0.6) is 0 Å². The molecule has 0 radical (unpaired) electrons. The lowest BCUT2D eigenvalue weighted by molar-refractivity contribution is -0.121. The Balaban J connectivity index is 1.70. The Morgan fingerprint density at radius 1 is 1.36 bits per heavy atom. The van der Waals surface area contributed by atoms with Gasteiger partial charge in [0.15, 0.2) is 5.69 Å². The maximum atomic E-state index is 12.7. The number of carbonyl (C=O) groups is 2. The van der Waals surface area contributed by atoms with Gasteiger partial charge in [-0.05, 0) is 37.1 Å². The fraction of sp³-hybridized carbons (Fsp3) is 0.389. The Morgan fingerprint density at radius 2 is 2.20 bits per heavy atom. The topological polar surface area (TPSA) is 67.2 Å². The van der Waals surface area contributed by atoms with Crippen molar-refractivity contribution in [2.45, 2.75) is 32.2 Å². The van der Waals surface area contributed by atoms with Crippen LogP contribution < -0.4 is 5.32 Å². The number of amides is 2. The zero-order valence-corrected chi connectivity index (χ0v) is 14.9. The minimum atomic E-state index is -0.115. The second-order valence-electron chi connectivity index (χ2n) is 6.14. The molecule has 3 rings (SSSR count). The van der Waals surface area contributed by atoms with Crippen molar-refractivity contribution in [2.24, 2.45) is 0 Å². The highest BCUT2D eigenvalue weighted by Gasteiger charge is 2.26. The third-order valence-electron chi connectivity index (χ3n) is 4.28. The number of hydrogen-bond donors (Lipinski definition) is 1. The van der Waals surface area contributed by atoms with Gasteiger partial charge in [-0.2, -0.15) is 5.10 Å². The van der Waals surface area contributed by atoms with Gasteiger partial charge in [-0.3, -0.25) is 9.59 Å². The molecule has 2 aromatic rings. The van der Waals surface area contributed by atoms with E-state index >= 15 is 0 Å². The molecule has 0 bridgehead atoms. The van der Waals surface area contributed by atoms with Gasteiger partial charge in [0.1, 0.15) is 0 Å². The monoisotopic (exact) mass is 360 g/mol. The number of aromatic nitrogens is 2. The fourth-order valence-corrected chi connectivity index (χ4v) is 3.16. The summed E-state index contributed by atoms with van der Waals surface area (Å²) in [5.74, 6) is -0.0965. The molecular weight excluding hydrogens is 340 g/mol. The van der Waals surface area contributed by atoms with Crippen molar-refractivity contribution in [2.75, 3.05) is 13.1 Å².